The highest BCUT2D eigenvalue weighted by Gasteiger charge is 2.29. The number of aryl methyl sites for hydroxylation is 1. The summed E-state index contributed by atoms with van der Waals surface area (Å²) < 4.78 is 0. The summed E-state index contributed by atoms with van der Waals surface area (Å²) in [6.07, 6.45) is 5.00. The maximum atomic E-state index is 10.4. The number of hydrogen-bond donors (Lipinski definition) is 1. The van der Waals surface area contributed by atoms with E-state index < -0.39 is 0 Å². The minimum atomic E-state index is 0.153. The van der Waals surface area contributed by atoms with Crippen LogP contribution in [0.1, 0.15) is 16.7 Å². The third-order valence-corrected chi connectivity index (χ3v) is 4.05. The van der Waals surface area contributed by atoms with E-state index in [9.17, 15) is 5.11 Å². The second-order valence-electron chi connectivity index (χ2n) is 5.57. The van der Waals surface area contributed by atoms with Gasteiger partial charge in [0.05, 0.1) is 12.2 Å². The Bertz CT molecular complexity index is 853. The first-order valence-corrected chi connectivity index (χ1v) is 7.56. The van der Waals surface area contributed by atoms with Crippen molar-refractivity contribution < 1.29 is 5.11 Å². The summed E-state index contributed by atoms with van der Waals surface area (Å²) in [6.45, 7) is 3.55. The molecule has 1 N–H and O–H groups in total. The molecule has 0 unspecified atom stereocenters. The average molecular weight is 304 g/mol. The number of pyridine rings is 1. The van der Waals surface area contributed by atoms with E-state index in [4.69, 9.17) is 4.99 Å². The van der Waals surface area contributed by atoms with Gasteiger partial charge in [-0.3, -0.25) is 9.98 Å². The molecule has 0 spiro atoms. The highest BCUT2D eigenvalue weighted by molar-refractivity contribution is 6.20. The van der Waals surface area contributed by atoms with E-state index in [-0.39, 0.29) is 5.76 Å². The molecule has 0 amide bonds. The lowest BCUT2D eigenvalue weighted by Gasteiger charge is -2.26. The molecule has 0 aliphatic carbocycles. The maximum absolute atomic E-state index is 10.4. The van der Waals surface area contributed by atoms with Crippen molar-refractivity contribution in [2.45, 2.75) is 6.92 Å². The zero-order chi connectivity index (χ0) is 15.8. The van der Waals surface area contributed by atoms with Crippen LogP contribution in [0.15, 0.2) is 58.8 Å². The van der Waals surface area contributed by atoms with Gasteiger partial charge in [-0.2, -0.15) is 0 Å². The van der Waals surface area contributed by atoms with Gasteiger partial charge >= 0.3 is 0 Å². The van der Waals surface area contributed by atoms with Gasteiger partial charge in [0.1, 0.15) is 17.4 Å². The molecule has 0 atom stereocenters. The quantitative estimate of drug-likeness (QED) is 0.867. The fourth-order valence-electron chi connectivity index (χ4n) is 2.89. The molecule has 2 aliphatic rings. The summed E-state index contributed by atoms with van der Waals surface area (Å²) in [5, 5.41) is 10.4. The molecular formula is C18H16N4O. The van der Waals surface area contributed by atoms with Crippen LogP contribution in [0, 0.1) is 6.92 Å². The van der Waals surface area contributed by atoms with Crippen molar-refractivity contribution in [2.24, 2.45) is 9.98 Å². The molecule has 23 heavy (non-hydrogen) atoms. The number of aromatic nitrogens is 1. The Labute approximate surface area is 134 Å². The van der Waals surface area contributed by atoms with Crippen LogP contribution in [0.25, 0.3) is 5.76 Å². The summed E-state index contributed by atoms with van der Waals surface area (Å²) in [7, 11) is 0. The number of para-hydroxylation sites is 1. The van der Waals surface area contributed by atoms with Gasteiger partial charge in [0.2, 0.25) is 0 Å². The minimum absolute atomic E-state index is 0.153. The van der Waals surface area contributed by atoms with Gasteiger partial charge in [0, 0.05) is 36.1 Å². The van der Waals surface area contributed by atoms with Crippen LogP contribution in [-0.4, -0.2) is 39.8 Å². The van der Waals surface area contributed by atoms with E-state index in [1.165, 1.54) is 0 Å². The number of rotatable bonds is 2. The Kier molecular flexibility index (Phi) is 3.19. The summed E-state index contributed by atoms with van der Waals surface area (Å²) in [6, 6.07) is 9.72. The number of aliphatic hydroxyl groups is 1. The number of fused-ring (bicyclic) bond motifs is 3. The first-order chi connectivity index (χ1) is 11.2. The number of aliphatic hydroxyl groups excluding tert-OH is 1. The Morgan fingerprint density at radius 3 is 3.00 bits per heavy atom. The van der Waals surface area contributed by atoms with Gasteiger partial charge in [-0.25, -0.2) is 4.99 Å². The van der Waals surface area contributed by atoms with Crippen LogP contribution in [0.3, 0.4) is 0 Å². The van der Waals surface area contributed by atoms with E-state index in [2.05, 4.69) is 9.98 Å². The summed E-state index contributed by atoms with van der Waals surface area (Å²) >= 11 is 0. The molecule has 5 heteroatoms. The Morgan fingerprint density at radius 1 is 1.26 bits per heavy atom. The van der Waals surface area contributed by atoms with Crippen molar-refractivity contribution in [3.8, 4) is 0 Å². The minimum Gasteiger partial charge on any atom is -0.507 e. The monoisotopic (exact) mass is 304 g/mol. The van der Waals surface area contributed by atoms with E-state index in [0.29, 0.717) is 11.4 Å². The molecule has 1 aromatic heterocycles. The topological polar surface area (TPSA) is 61.1 Å². The van der Waals surface area contributed by atoms with Crippen molar-refractivity contribution in [2.75, 3.05) is 13.1 Å². The van der Waals surface area contributed by atoms with Crippen LogP contribution in [0.4, 0.5) is 5.69 Å². The van der Waals surface area contributed by atoms with E-state index >= 15 is 0 Å². The SMILES string of the molecule is Cc1cccc2c1N=C(/C=C(\O)c1cccnc1)N1CCN=C21. The van der Waals surface area contributed by atoms with Crippen LogP contribution >= 0.6 is 0 Å². The second-order valence-corrected chi connectivity index (χ2v) is 5.57. The number of nitrogens with zero attached hydrogens (tertiary/aromatic N) is 4. The van der Waals surface area contributed by atoms with Crippen molar-refractivity contribution >= 4 is 23.1 Å². The highest BCUT2D eigenvalue weighted by atomic mass is 16.3. The molecule has 0 bridgehead atoms. The number of amidine groups is 2. The number of benzene rings is 1. The number of hydrogen-bond acceptors (Lipinski definition) is 5. The van der Waals surface area contributed by atoms with Gasteiger partial charge in [-0.1, -0.05) is 12.1 Å². The Hall–Kier alpha value is -2.95. The van der Waals surface area contributed by atoms with Crippen molar-refractivity contribution in [3.05, 3.63) is 65.5 Å². The molecular weight excluding hydrogens is 288 g/mol. The largest absolute Gasteiger partial charge is 0.507 e. The molecule has 0 fully saturated rings. The smallest absolute Gasteiger partial charge is 0.138 e. The van der Waals surface area contributed by atoms with Crippen LogP contribution < -0.4 is 0 Å². The first kappa shape index (κ1) is 13.7. The van der Waals surface area contributed by atoms with Crippen molar-refractivity contribution in [3.63, 3.8) is 0 Å². The molecule has 0 radical (unpaired) electrons. The van der Waals surface area contributed by atoms with Crippen molar-refractivity contribution in [1.29, 1.82) is 0 Å². The fraction of sp³-hybridized carbons (Fsp3) is 0.167. The van der Waals surface area contributed by atoms with Crippen LogP contribution in [0.5, 0.6) is 0 Å². The lowest BCUT2D eigenvalue weighted by molar-refractivity contribution is 0.511. The summed E-state index contributed by atoms with van der Waals surface area (Å²) in [5.41, 5.74) is 3.75. The first-order valence-electron chi connectivity index (χ1n) is 7.56. The normalized spacial score (nSPS) is 16.6. The number of aliphatic imine (C=N–C) groups is 2. The van der Waals surface area contributed by atoms with Crippen LogP contribution in [-0.2, 0) is 0 Å². The van der Waals surface area contributed by atoms with Crippen LogP contribution in [0.2, 0.25) is 0 Å². The third-order valence-electron chi connectivity index (χ3n) is 4.05. The molecule has 5 nitrogen and oxygen atoms in total. The average Bonchev–Trinajstić information content (AvgIpc) is 3.07. The Morgan fingerprint density at radius 2 is 2.17 bits per heavy atom. The second kappa shape index (κ2) is 5.35. The zero-order valence-corrected chi connectivity index (χ0v) is 12.8. The molecule has 0 saturated carbocycles. The lowest BCUT2D eigenvalue weighted by Crippen LogP contribution is -2.36. The lowest BCUT2D eigenvalue weighted by atomic mass is 10.0. The molecule has 1 aromatic carbocycles. The van der Waals surface area contributed by atoms with E-state index in [1.807, 2.05) is 36.1 Å². The molecule has 2 aromatic rings. The van der Waals surface area contributed by atoms with Gasteiger partial charge in [-0.05, 0) is 30.7 Å². The third kappa shape index (κ3) is 2.30. The summed E-state index contributed by atoms with van der Waals surface area (Å²) in [5.74, 6) is 1.80. The fourth-order valence-corrected chi connectivity index (χ4v) is 2.89. The predicted molar refractivity (Wildman–Crippen MR) is 91.2 cm³/mol. The molecule has 0 saturated heterocycles. The molecule has 3 heterocycles. The van der Waals surface area contributed by atoms with Gasteiger partial charge in [0.15, 0.2) is 0 Å². The molecule has 114 valence electrons. The zero-order valence-electron chi connectivity index (χ0n) is 12.8. The maximum Gasteiger partial charge on any atom is 0.138 e. The van der Waals surface area contributed by atoms with E-state index in [1.54, 1.807) is 24.5 Å². The standard InChI is InChI=1S/C18H16N4O/c1-12-4-2-6-14-17(12)21-16(22-9-8-20-18(14)22)10-15(23)13-5-3-7-19-11-13/h2-7,10-11,23H,8-9H2,1H3/b15-10-. The molecule has 2 aliphatic heterocycles. The summed E-state index contributed by atoms with van der Waals surface area (Å²) in [4.78, 5) is 15.5. The van der Waals surface area contributed by atoms with E-state index in [0.717, 1.165) is 35.7 Å². The Balaban J connectivity index is 1.83. The van der Waals surface area contributed by atoms with Crippen molar-refractivity contribution in [1.82, 2.24) is 9.88 Å². The highest BCUT2D eigenvalue weighted by Crippen LogP contribution is 2.32. The van der Waals surface area contributed by atoms with Gasteiger partial charge < -0.3 is 10.0 Å². The molecule has 4 rings (SSSR count). The van der Waals surface area contributed by atoms with Gasteiger partial charge in [-0.15, -0.1) is 0 Å². The predicted octanol–water partition coefficient (Wildman–Crippen LogP) is 3.09. The van der Waals surface area contributed by atoms with Gasteiger partial charge in [0.25, 0.3) is 0 Å².